The maximum Gasteiger partial charge on any atom is 0.334 e. The SMILES string of the molecule is CCOC(CN1CCCC(CC)CC1)C(=O)O. The van der Waals surface area contributed by atoms with Crippen molar-refractivity contribution in [1.29, 1.82) is 0 Å². The van der Waals surface area contributed by atoms with Crippen LogP contribution in [0.3, 0.4) is 0 Å². The molecule has 0 aliphatic carbocycles. The molecule has 2 atom stereocenters. The van der Waals surface area contributed by atoms with E-state index in [1.165, 1.54) is 25.7 Å². The summed E-state index contributed by atoms with van der Waals surface area (Å²) in [5, 5.41) is 9.05. The zero-order chi connectivity index (χ0) is 12.7. The van der Waals surface area contributed by atoms with Crippen LogP contribution in [-0.4, -0.2) is 48.3 Å². The van der Waals surface area contributed by atoms with Crippen LogP contribution >= 0.6 is 0 Å². The Balaban J connectivity index is 2.41. The fraction of sp³-hybridized carbons (Fsp3) is 0.923. The van der Waals surface area contributed by atoms with Gasteiger partial charge in [0.2, 0.25) is 0 Å². The van der Waals surface area contributed by atoms with Crippen LogP contribution in [0, 0.1) is 5.92 Å². The van der Waals surface area contributed by atoms with E-state index in [1.54, 1.807) is 0 Å². The number of carboxylic acids is 1. The van der Waals surface area contributed by atoms with Crippen molar-refractivity contribution in [2.24, 2.45) is 5.92 Å². The van der Waals surface area contributed by atoms with Crippen LogP contribution in [0.25, 0.3) is 0 Å². The van der Waals surface area contributed by atoms with Gasteiger partial charge in [-0.2, -0.15) is 0 Å². The molecule has 0 saturated carbocycles. The van der Waals surface area contributed by atoms with E-state index >= 15 is 0 Å². The van der Waals surface area contributed by atoms with Gasteiger partial charge in [0.05, 0.1) is 0 Å². The zero-order valence-electron chi connectivity index (χ0n) is 11.0. The Bertz CT molecular complexity index is 233. The van der Waals surface area contributed by atoms with Crippen molar-refractivity contribution in [3.63, 3.8) is 0 Å². The van der Waals surface area contributed by atoms with Crippen molar-refractivity contribution in [1.82, 2.24) is 4.90 Å². The van der Waals surface area contributed by atoms with Gasteiger partial charge in [0, 0.05) is 13.2 Å². The first-order chi connectivity index (χ1) is 8.17. The molecule has 0 aromatic rings. The molecule has 0 aromatic heterocycles. The van der Waals surface area contributed by atoms with E-state index < -0.39 is 12.1 Å². The third-order valence-corrected chi connectivity index (χ3v) is 3.58. The highest BCUT2D eigenvalue weighted by atomic mass is 16.5. The average molecular weight is 243 g/mol. The summed E-state index contributed by atoms with van der Waals surface area (Å²) in [6.45, 7) is 7.08. The van der Waals surface area contributed by atoms with Gasteiger partial charge in [-0.05, 0) is 45.2 Å². The molecule has 2 unspecified atom stereocenters. The van der Waals surface area contributed by atoms with Crippen LogP contribution in [0.2, 0.25) is 0 Å². The Morgan fingerprint density at radius 2 is 2.18 bits per heavy atom. The largest absolute Gasteiger partial charge is 0.479 e. The lowest BCUT2D eigenvalue weighted by Gasteiger charge is -2.23. The highest BCUT2D eigenvalue weighted by Crippen LogP contribution is 2.20. The number of hydrogen-bond acceptors (Lipinski definition) is 3. The number of ether oxygens (including phenoxy) is 1. The second kappa shape index (κ2) is 7.67. The second-order valence-corrected chi connectivity index (χ2v) is 4.79. The predicted molar refractivity (Wildman–Crippen MR) is 67.1 cm³/mol. The van der Waals surface area contributed by atoms with Crippen LogP contribution in [0.4, 0.5) is 0 Å². The Morgan fingerprint density at radius 3 is 2.76 bits per heavy atom. The molecular weight excluding hydrogens is 218 g/mol. The molecule has 4 heteroatoms. The minimum atomic E-state index is -0.844. The zero-order valence-corrected chi connectivity index (χ0v) is 11.0. The molecule has 1 heterocycles. The minimum absolute atomic E-state index is 0.461. The van der Waals surface area contributed by atoms with Gasteiger partial charge >= 0.3 is 5.97 Å². The van der Waals surface area contributed by atoms with Gasteiger partial charge in [0.25, 0.3) is 0 Å². The maximum absolute atomic E-state index is 11.0. The summed E-state index contributed by atoms with van der Waals surface area (Å²) in [6, 6.07) is 0. The molecule has 0 amide bonds. The van der Waals surface area contributed by atoms with Gasteiger partial charge in [-0.1, -0.05) is 13.3 Å². The number of carboxylic acid groups (broad SMARTS) is 1. The minimum Gasteiger partial charge on any atom is -0.479 e. The Morgan fingerprint density at radius 1 is 1.41 bits per heavy atom. The molecule has 17 heavy (non-hydrogen) atoms. The molecule has 1 aliphatic heterocycles. The molecule has 0 radical (unpaired) electrons. The third kappa shape index (κ3) is 5.04. The summed E-state index contributed by atoms with van der Waals surface area (Å²) in [4.78, 5) is 13.3. The Kier molecular flexibility index (Phi) is 6.52. The van der Waals surface area contributed by atoms with Crippen molar-refractivity contribution in [3.8, 4) is 0 Å². The summed E-state index contributed by atoms with van der Waals surface area (Å²) in [5.41, 5.74) is 0. The van der Waals surface area contributed by atoms with Crippen LogP contribution in [-0.2, 0) is 9.53 Å². The summed E-state index contributed by atoms with van der Waals surface area (Å²) >= 11 is 0. The number of rotatable bonds is 6. The highest BCUT2D eigenvalue weighted by Gasteiger charge is 2.23. The van der Waals surface area contributed by atoms with Gasteiger partial charge in [0.15, 0.2) is 6.10 Å². The monoisotopic (exact) mass is 243 g/mol. The quantitative estimate of drug-likeness (QED) is 0.775. The van der Waals surface area contributed by atoms with E-state index in [1.807, 2.05) is 6.92 Å². The van der Waals surface area contributed by atoms with Crippen molar-refractivity contribution >= 4 is 5.97 Å². The first-order valence-corrected chi connectivity index (χ1v) is 6.74. The van der Waals surface area contributed by atoms with Crippen LogP contribution in [0.15, 0.2) is 0 Å². The second-order valence-electron chi connectivity index (χ2n) is 4.79. The van der Waals surface area contributed by atoms with Crippen LogP contribution < -0.4 is 0 Å². The molecule has 100 valence electrons. The number of nitrogens with zero attached hydrogens (tertiary/aromatic N) is 1. The van der Waals surface area contributed by atoms with E-state index in [0.717, 1.165) is 19.0 Å². The summed E-state index contributed by atoms with van der Waals surface area (Å²) in [7, 11) is 0. The van der Waals surface area contributed by atoms with Gasteiger partial charge in [-0.3, -0.25) is 0 Å². The van der Waals surface area contributed by atoms with E-state index in [0.29, 0.717) is 13.2 Å². The number of likely N-dealkylation sites (tertiary alicyclic amines) is 1. The van der Waals surface area contributed by atoms with E-state index in [2.05, 4.69) is 11.8 Å². The molecule has 1 fully saturated rings. The molecule has 1 N–H and O–H groups in total. The van der Waals surface area contributed by atoms with Gasteiger partial charge < -0.3 is 14.7 Å². The van der Waals surface area contributed by atoms with Crippen LogP contribution in [0.5, 0.6) is 0 Å². The van der Waals surface area contributed by atoms with E-state index in [-0.39, 0.29) is 0 Å². The van der Waals surface area contributed by atoms with E-state index in [4.69, 9.17) is 9.84 Å². The standard InChI is InChI=1S/C13H25NO3/c1-3-11-6-5-8-14(9-7-11)10-12(13(15)16)17-4-2/h11-12H,3-10H2,1-2H3,(H,15,16). The third-order valence-electron chi connectivity index (χ3n) is 3.58. The molecule has 1 saturated heterocycles. The lowest BCUT2D eigenvalue weighted by Crippen LogP contribution is -2.39. The van der Waals surface area contributed by atoms with Gasteiger partial charge in [0.1, 0.15) is 0 Å². The smallest absolute Gasteiger partial charge is 0.334 e. The summed E-state index contributed by atoms with van der Waals surface area (Å²) < 4.78 is 5.26. The molecular formula is C13H25NO3. The normalized spacial score (nSPS) is 24.2. The summed E-state index contributed by atoms with van der Waals surface area (Å²) in [5.74, 6) is -0.0292. The molecule has 0 bridgehead atoms. The Hall–Kier alpha value is -0.610. The molecule has 4 nitrogen and oxygen atoms in total. The highest BCUT2D eigenvalue weighted by molar-refractivity contribution is 5.72. The lowest BCUT2D eigenvalue weighted by molar-refractivity contribution is -0.151. The van der Waals surface area contributed by atoms with Crippen LogP contribution in [0.1, 0.15) is 39.5 Å². The molecule has 1 aliphatic rings. The van der Waals surface area contributed by atoms with Crippen molar-refractivity contribution in [3.05, 3.63) is 0 Å². The van der Waals surface area contributed by atoms with Crippen molar-refractivity contribution < 1.29 is 14.6 Å². The van der Waals surface area contributed by atoms with Gasteiger partial charge in [-0.15, -0.1) is 0 Å². The number of aliphatic carboxylic acids is 1. The topological polar surface area (TPSA) is 49.8 Å². The fourth-order valence-electron chi connectivity index (χ4n) is 2.45. The predicted octanol–water partition coefficient (Wildman–Crippen LogP) is 1.99. The first-order valence-electron chi connectivity index (χ1n) is 6.74. The van der Waals surface area contributed by atoms with Crippen molar-refractivity contribution in [2.45, 2.75) is 45.6 Å². The molecule has 0 spiro atoms. The number of hydrogen-bond donors (Lipinski definition) is 1. The van der Waals surface area contributed by atoms with Crippen molar-refractivity contribution in [2.75, 3.05) is 26.2 Å². The fourth-order valence-corrected chi connectivity index (χ4v) is 2.45. The average Bonchev–Trinajstić information content (AvgIpc) is 2.53. The molecule has 1 rings (SSSR count). The maximum atomic E-state index is 11.0. The lowest BCUT2D eigenvalue weighted by atomic mass is 9.98. The van der Waals surface area contributed by atoms with E-state index in [9.17, 15) is 4.79 Å². The summed E-state index contributed by atoms with van der Waals surface area (Å²) in [6.07, 6.45) is 4.21. The number of carbonyl (C=O) groups is 1. The Labute approximate surface area is 104 Å². The first kappa shape index (κ1) is 14.5. The van der Waals surface area contributed by atoms with Gasteiger partial charge in [-0.25, -0.2) is 4.79 Å². The molecule has 0 aromatic carbocycles.